The van der Waals surface area contributed by atoms with Crippen LogP contribution >= 0.6 is 0 Å². The summed E-state index contributed by atoms with van der Waals surface area (Å²) in [4.78, 5) is 23.7. The number of anilines is 1. The zero-order valence-electron chi connectivity index (χ0n) is 16.4. The van der Waals surface area contributed by atoms with E-state index in [9.17, 15) is 14.7 Å². The van der Waals surface area contributed by atoms with Gasteiger partial charge in [-0.3, -0.25) is 4.79 Å². The smallest absolute Gasteiger partial charge is 0.341 e. The number of nitrogens with one attached hydrogen (secondary N) is 1. The Morgan fingerprint density at radius 1 is 1.32 bits per heavy atom. The summed E-state index contributed by atoms with van der Waals surface area (Å²) in [5.74, 6) is -0.429. The molecule has 1 aromatic carbocycles. The maximum absolute atomic E-state index is 12.3. The van der Waals surface area contributed by atoms with Crippen LogP contribution in [0.25, 0.3) is 11.3 Å². The zero-order valence-corrected chi connectivity index (χ0v) is 16.4. The maximum Gasteiger partial charge on any atom is 0.341 e. The van der Waals surface area contributed by atoms with E-state index in [2.05, 4.69) is 12.2 Å². The third-order valence-electron chi connectivity index (χ3n) is 5.13. The molecular formula is C21H26N2O5. The number of pyridine rings is 1. The van der Waals surface area contributed by atoms with Crippen LogP contribution in [0.2, 0.25) is 0 Å². The Labute approximate surface area is 163 Å². The van der Waals surface area contributed by atoms with E-state index in [1.165, 1.54) is 12.3 Å². The highest BCUT2D eigenvalue weighted by Gasteiger charge is 2.26. The fourth-order valence-electron chi connectivity index (χ4n) is 3.65. The number of hydrogen-bond acceptors (Lipinski definition) is 5. The second-order valence-electron chi connectivity index (χ2n) is 6.87. The highest BCUT2D eigenvalue weighted by atomic mass is 16.5. The van der Waals surface area contributed by atoms with E-state index in [0.29, 0.717) is 13.2 Å². The molecule has 2 aromatic rings. The fraction of sp³-hybridized carbons (Fsp3) is 0.429. The molecule has 0 radical (unpaired) electrons. The molecule has 0 saturated carbocycles. The SMILES string of the molecule is CCC1Cc2cc(OCCCOC)c(NC)cc2-c2cc(=O)c(C(=O)O)cn21. The molecule has 7 heteroatoms. The largest absolute Gasteiger partial charge is 0.491 e. The van der Waals surface area contributed by atoms with Gasteiger partial charge in [0.25, 0.3) is 0 Å². The van der Waals surface area contributed by atoms with E-state index in [-0.39, 0.29) is 11.6 Å². The molecule has 0 fully saturated rings. The van der Waals surface area contributed by atoms with Crippen LogP contribution in [0.15, 0.2) is 29.2 Å². The highest BCUT2D eigenvalue weighted by Crippen LogP contribution is 2.40. The molecule has 1 aliphatic rings. The van der Waals surface area contributed by atoms with E-state index in [4.69, 9.17) is 9.47 Å². The third kappa shape index (κ3) is 3.75. The molecular weight excluding hydrogens is 360 g/mol. The number of methoxy groups -OCH3 is 1. The lowest BCUT2D eigenvalue weighted by molar-refractivity contribution is 0.0694. The number of aromatic nitrogens is 1. The molecule has 0 spiro atoms. The number of rotatable bonds is 8. The molecule has 150 valence electrons. The van der Waals surface area contributed by atoms with Crippen molar-refractivity contribution < 1.29 is 19.4 Å². The molecule has 7 nitrogen and oxygen atoms in total. The summed E-state index contributed by atoms with van der Waals surface area (Å²) in [6.07, 6.45) is 3.85. The van der Waals surface area contributed by atoms with Crippen LogP contribution in [-0.4, -0.2) is 43.0 Å². The Morgan fingerprint density at radius 2 is 2.11 bits per heavy atom. The zero-order chi connectivity index (χ0) is 20.3. The highest BCUT2D eigenvalue weighted by molar-refractivity contribution is 5.88. The summed E-state index contributed by atoms with van der Waals surface area (Å²) in [6.45, 7) is 3.25. The molecule has 1 aliphatic heterocycles. The van der Waals surface area contributed by atoms with Crippen LogP contribution in [0.4, 0.5) is 5.69 Å². The predicted molar refractivity (Wildman–Crippen MR) is 108 cm³/mol. The molecule has 3 rings (SSSR count). The summed E-state index contributed by atoms with van der Waals surface area (Å²) < 4.78 is 12.9. The van der Waals surface area contributed by atoms with E-state index in [1.54, 1.807) is 7.11 Å². The number of ether oxygens (including phenoxy) is 2. The molecule has 2 heterocycles. The summed E-state index contributed by atoms with van der Waals surface area (Å²) >= 11 is 0. The molecule has 0 aliphatic carbocycles. The number of carboxylic acid groups (broad SMARTS) is 1. The van der Waals surface area contributed by atoms with Gasteiger partial charge >= 0.3 is 5.97 Å². The van der Waals surface area contributed by atoms with Crippen LogP contribution in [0.3, 0.4) is 0 Å². The van der Waals surface area contributed by atoms with Gasteiger partial charge < -0.3 is 24.5 Å². The van der Waals surface area contributed by atoms with Crippen molar-refractivity contribution in [3.8, 4) is 17.0 Å². The number of hydrogen-bond donors (Lipinski definition) is 2. The van der Waals surface area contributed by atoms with Crippen molar-refractivity contribution in [2.24, 2.45) is 0 Å². The quantitative estimate of drug-likeness (QED) is 0.678. The van der Waals surface area contributed by atoms with Crippen molar-refractivity contribution in [1.82, 2.24) is 4.57 Å². The Balaban J connectivity index is 2.07. The van der Waals surface area contributed by atoms with Crippen molar-refractivity contribution in [3.63, 3.8) is 0 Å². The predicted octanol–water partition coefficient (Wildman–Crippen LogP) is 3.18. The molecule has 0 amide bonds. The number of carbonyl (C=O) groups is 1. The topological polar surface area (TPSA) is 89.8 Å². The number of nitrogens with zero attached hydrogens (tertiary/aromatic N) is 1. The Hall–Kier alpha value is -2.80. The van der Waals surface area contributed by atoms with Gasteiger partial charge in [-0.15, -0.1) is 0 Å². The van der Waals surface area contributed by atoms with Gasteiger partial charge in [0.15, 0.2) is 5.43 Å². The first-order valence-corrected chi connectivity index (χ1v) is 9.46. The van der Waals surface area contributed by atoms with E-state index >= 15 is 0 Å². The van der Waals surface area contributed by atoms with Crippen LogP contribution in [0, 0.1) is 0 Å². The van der Waals surface area contributed by atoms with Gasteiger partial charge in [-0.1, -0.05) is 6.92 Å². The first-order valence-electron chi connectivity index (χ1n) is 9.46. The lowest BCUT2D eigenvalue weighted by Crippen LogP contribution is -2.25. The monoisotopic (exact) mass is 386 g/mol. The minimum atomic E-state index is -1.20. The summed E-state index contributed by atoms with van der Waals surface area (Å²) in [7, 11) is 3.49. The average Bonchev–Trinajstić information content (AvgIpc) is 2.69. The van der Waals surface area contributed by atoms with Gasteiger partial charge in [0.1, 0.15) is 11.3 Å². The Bertz CT molecular complexity index is 935. The molecule has 1 unspecified atom stereocenters. The fourth-order valence-corrected chi connectivity index (χ4v) is 3.65. The van der Waals surface area contributed by atoms with Gasteiger partial charge in [0.05, 0.1) is 18.0 Å². The van der Waals surface area contributed by atoms with E-state index in [0.717, 1.165) is 47.5 Å². The third-order valence-corrected chi connectivity index (χ3v) is 5.13. The second kappa shape index (κ2) is 8.48. The van der Waals surface area contributed by atoms with Gasteiger partial charge in [-0.05, 0) is 30.5 Å². The lowest BCUT2D eigenvalue weighted by atomic mass is 9.90. The van der Waals surface area contributed by atoms with Crippen molar-refractivity contribution in [3.05, 3.63) is 45.7 Å². The number of fused-ring (bicyclic) bond motifs is 3. The van der Waals surface area contributed by atoms with Crippen LogP contribution in [0.5, 0.6) is 5.75 Å². The summed E-state index contributed by atoms with van der Waals surface area (Å²) in [5, 5.41) is 12.5. The molecule has 28 heavy (non-hydrogen) atoms. The number of aromatic carboxylic acids is 1. The number of benzene rings is 1. The first kappa shape index (κ1) is 19.9. The summed E-state index contributed by atoms with van der Waals surface area (Å²) in [5.41, 5.74) is 2.91. The minimum Gasteiger partial charge on any atom is -0.491 e. The van der Waals surface area contributed by atoms with Crippen molar-refractivity contribution in [1.29, 1.82) is 0 Å². The molecule has 0 bridgehead atoms. The van der Waals surface area contributed by atoms with Crippen LogP contribution < -0.4 is 15.5 Å². The normalized spacial score (nSPS) is 14.9. The molecule has 1 atom stereocenters. The van der Waals surface area contributed by atoms with Crippen LogP contribution in [-0.2, 0) is 11.2 Å². The van der Waals surface area contributed by atoms with Gasteiger partial charge in [-0.25, -0.2) is 4.79 Å². The standard InChI is InChI=1S/C21H26N2O5/c1-4-14-8-13-9-20(28-7-5-6-27-3)17(22-2)10-15(13)18-11-19(24)16(21(25)26)12-23(14)18/h9-12,14,22H,4-8H2,1-3H3,(H,25,26). The molecule has 1 aromatic heterocycles. The number of carboxylic acids is 1. The van der Waals surface area contributed by atoms with Gasteiger partial charge in [0.2, 0.25) is 0 Å². The maximum atomic E-state index is 12.3. The van der Waals surface area contributed by atoms with Crippen molar-refractivity contribution in [2.45, 2.75) is 32.2 Å². The van der Waals surface area contributed by atoms with E-state index < -0.39 is 11.4 Å². The molecule has 2 N–H and O–H groups in total. The van der Waals surface area contributed by atoms with Gasteiger partial charge in [-0.2, -0.15) is 0 Å². The van der Waals surface area contributed by atoms with Crippen molar-refractivity contribution in [2.75, 3.05) is 32.7 Å². The lowest BCUT2D eigenvalue weighted by Gasteiger charge is -2.31. The average molecular weight is 386 g/mol. The van der Waals surface area contributed by atoms with Crippen LogP contribution in [0.1, 0.15) is 41.7 Å². The Morgan fingerprint density at radius 3 is 2.75 bits per heavy atom. The first-order chi connectivity index (χ1) is 13.5. The minimum absolute atomic E-state index is 0.0861. The molecule has 0 saturated heterocycles. The van der Waals surface area contributed by atoms with Gasteiger partial charge in [0, 0.05) is 51.1 Å². The Kier molecular flexibility index (Phi) is 6.04. The van der Waals surface area contributed by atoms with E-state index in [1.807, 2.05) is 23.7 Å². The second-order valence-corrected chi connectivity index (χ2v) is 6.87. The summed E-state index contributed by atoms with van der Waals surface area (Å²) in [6, 6.07) is 5.51. The van der Waals surface area contributed by atoms with Crippen molar-refractivity contribution >= 4 is 11.7 Å².